The maximum absolute atomic E-state index is 12.7. The highest BCUT2D eigenvalue weighted by molar-refractivity contribution is 5.85. The fourth-order valence-corrected chi connectivity index (χ4v) is 1.94. The molecule has 1 aromatic carbocycles. The first-order valence-electron chi connectivity index (χ1n) is 5.79. The van der Waals surface area contributed by atoms with E-state index >= 15 is 0 Å². The normalized spacial score (nSPS) is 20.0. The van der Waals surface area contributed by atoms with Gasteiger partial charge in [0.15, 0.2) is 0 Å². The van der Waals surface area contributed by atoms with E-state index in [4.69, 9.17) is 4.74 Å². The van der Waals surface area contributed by atoms with Gasteiger partial charge >= 0.3 is 12.4 Å². The van der Waals surface area contributed by atoms with Gasteiger partial charge in [-0.3, -0.25) is 0 Å². The number of morpholine rings is 1. The van der Waals surface area contributed by atoms with Gasteiger partial charge in [-0.15, -0.1) is 12.4 Å². The summed E-state index contributed by atoms with van der Waals surface area (Å²) in [5.41, 5.74) is -2.77. The van der Waals surface area contributed by atoms with Crippen LogP contribution in [-0.4, -0.2) is 19.7 Å². The van der Waals surface area contributed by atoms with Gasteiger partial charge in [0.2, 0.25) is 0 Å². The van der Waals surface area contributed by atoms with Crippen LogP contribution in [0.1, 0.15) is 22.8 Å². The number of nitrogens with one attached hydrogen (secondary N) is 1. The Morgan fingerprint density at radius 1 is 0.952 bits per heavy atom. The zero-order valence-corrected chi connectivity index (χ0v) is 11.3. The largest absolute Gasteiger partial charge is 0.416 e. The quantitative estimate of drug-likeness (QED) is 0.788. The monoisotopic (exact) mass is 335 g/mol. The van der Waals surface area contributed by atoms with Crippen LogP contribution in [0.15, 0.2) is 18.2 Å². The smallest absolute Gasteiger partial charge is 0.371 e. The molecule has 1 aliphatic rings. The van der Waals surface area contributed by atoms with Gasteiger partial charge in [0.25, 0.3) is 0 Å². The maximum atomic E-state index is 12.7. The van der Waals surface area contributed by atoms with E-state index in [1.54, 1.807) is 0 Å². The van der Waals surface area contributed by atoms with Gasteiger partial charge in [-0.1, -0.05) is 0 Å². The van der Waals surface area contributed by atoms with E-state index in [0.717, 1.165) is 0 Å². The van der Waals surface area contributed by atoms with Crippen LogP contribution in [0.5, 0.6) is 0 Å². The van der Waals surface area contributed by atoms with E-state index in [1.165, 1.54) is 0 Å². The lowest BCUT2D eigenvalue weighted by Crippen LogP contribution is -2.33. The predicted molar refractivity (Wildman–Crippen MR) is 65.3 cm³/mol. The summed E-state index contributed by atoms with van der Waals surface area (Å²) in [6, 6.07) is 1.51. The third-order valence-electron chi connectivity index (χ3n) is 2.91. The van der Waals surface area contributed by atoms with Crippen LogP contribution in [0.25, 0.3) is 0 Å². The molecule has 1 aromatic rings. The molecule has 9 heteroatoms. The zero-order valence-electron chi connectivity index (χ0n) is 10.5. The molecule has 120 valence electrons. The highest BCUT2D eigenvalue weighted by Gasteiger charge is 2.37. The lowest BCUT2D eigenvalue weighted by atomic mass is 10.0. The van der Waals surface area contributed by atoms with Gasteiger partial charge < -0.3 is 10.1 Å². The van der Waals surface area contributed by atoms with Crippen LogP contribution < -0.4 is 5.32 Å². The molecular weight excluding hydrogens is 324 g/mol. The van der Waals surface area contributed by atoms with Crippen LogP contribution in [0.2, 0.25) is 0 Å². The minimum Gasteiger partial charge on any atom is -0.371 e. The van der Waals surface area contributed by atoms with Crippen molar-refractivity contribution in [3.8, 4) is 0 Å². The molecule has 21 heavy (non-hydrogen) atoms. The molecule has 0 aromatic heterocycles. The minimum absolute atomic E-state index is 0. The van der Waals surface area contributed by atoms with Crippen molar-refractivity contribution in [2.75, 3.05) is 19.7 Å². The molecule has 0 radical (unpaired) electrons. The zero-order chi connectivity index (χ0) is 15.0. The fraction of sp³-hybridized carbons (Fsp3) is 0.500. The number of hydrogen-bond acceptors (Lipinski definition) is 2. The van der Waals surface area contributed by atoms with Gasteiger partial charge in [-0.25, -0.2) is 0 Å². The van der Waals surface area contributed by atoms with E-state index in [9.17, 15) is 26.3 Å². The Bertz CT molecular complexity index is 449. The fourth-order valence-electron chi connectivity index (χ4n) is 1.94. The van der Waals surface area contributed by atoms with E-state index in [2.05, 4.69) is 5.32 Å². The third kappa shape index (κ3) is 4.49. The molecule has 0 amide bonds. The van der Waals surface area contributed by atoms with Crippen molar-refractivity contribution in [1.29, 1.82) is 0 Å². The number of halogens is 7. The Labute approximate surface area is 122 Å². The Morgan fingerprint density at radius 3 is 1.86 bits per heavy atom. The summed E-state index contributed by atoms with van der Waals surface area (Å²) in [5.74, 6) is 0. The molecule has 1 fully saturated rings. The van der Waals surface area contributed by atoms with Crippen LogP contribution >= 0.6 is 12.4 Å². The molecular formula is C12H12ClF6NO. The molecule has 0 saturated carbocycles. The van der Waals surface area contributed by atoms with Crippen molar-refractivity contribution < 1.29 is 31.1 Å². The Balaban J connectivity index is 0.00000220. The first-order valence-corrected chi connectivity index (χ1v) is 5.79. The van der Waals surface area contributed by atoms with Crippen molar-refractivity contribution in [3.05, 3.63) is 34.9 Å². The topological polar surface area (TPSA) is 21.3 Å². The minimum atomic E-state index is -4.84. The Kier molecular flexibility index (Phi) is 5.51. The first-order chi connectivity index (χ1) is 9.18. The molecule has 0 aliphatic carbocycles. The molecule has 1 unspecified atom stereocenters. The second-order valence-corrected chi connectivity index (χ2v) is 4.40. The van der Waals surface area contributed by atoms with Gasteiger partial charge in [-0.2, -0.15) is 26.3 Å². The van der Waals surface area contributed by atoms with E-state index < -0.39 is 29.6 Å². The van der Waals surface area contributed by atoms with Crippen molar-refractivity contribution in [2.45, 2.75) is 18.5 Å². The highest BCUT2D eigenvalue weighted by atomic mass is 35.5. The molecule has 0 bridgehead atoms. The predicted octanol–water partition coefficient (Wildman–Crippen LogP) is 3.81. The molecule has 0 spiro atoms. The van der Waals surface area contributed by atoms with Gasteiger partial charge in [0.1, 0.15) is 0 Å². The van der Waals surface area contributed by atoms with E-state index in [-0.39, 0.29) is 37.2 Å². The highest BCUT2D eigenvalue weighted by Crippen LogP contribution is 2.37. The summed E-state index contributed by atoms with van der Waals surface area (Å²) in [7, 11) is 0. The van der Waals surface area contributed by atoms with Gasteiger partial charge in [0, 0.05) is 13.1 Å². The summed E-state index contributed by atoms with van der Waals surface area (Å²) < 4.78 is 81.3. The number of hydrogen-bond donors (Lipinski definition) is 1. The van der Waals surface area contributed by atoms with Crippen LogP contribution in [0.3, 0.4) is 0 Å². The Morgan fingerprint density at radius 2 is 1.48 bits per heavy atom. The molecule has 1 atom stereocenters. The summed E-state index contributed by atoms with van der Waals surface area (Å²) in [6.07, 6.45) is -10.5. The molecule has 1 aliphatic heterocycles. The van der Waals surface area contributed by atoms with E-state index in [1.807, 2.05) is 0 Å². The number of alkyl halides is 6. The standard InChI is InChI=1S/C12H11F6NO.ClH/c13-11(14,15)8-3-7(10-6-19-1-2-20-10)4-9(5-8)12(16,17)18;/h3-5,10,19H,1-2,6H2;1H. The average molecular weight is 336 g/mol. The molecule has 1 heterocycles. The third-order valence-corrected chi connectivity index (χ3v) is 2.91. The summed E-state index contributed by atoms with van der Waals surface area (Å²) >= 11 is 0. The number of rotatable bonds is 1. The SMILES string of the molecule is Cl.FC(F)(F)c1cc(C2CNCCO2)cc(C(F)(F)F)c1. The van der Waals surface area contributed by atoms with Crippen LogP contribution in [0.4, 0.5) is 26.3 Å². The number of ether oxygens (including phenoxy) is 1. The van der Waals surface area contributed by atoms with Crippen molar-refractivity contribution in [2.24, 2.45) is 0 Å². The maximum Gasteiger partial charge on any atom is 0.416 e. The summed E-state index contributed by atoms with van der Waals surface area (Å²) in [5, 5.41) is 2.86. The van der Waals surface area contributed by atoms with Crippen molar-refractivity contribution >= 4 is 12.4 Å². The Hall–Kier alpha value is -0.990. The van der Waals surface area contributed by atoms with Crippen molar-refractivity contribution in [1.82, 2.24) is 5.32 Å². The van der Waals surface area contributed by atoms with Crippen LogP contribution in [0, 0.1) is 0 Å². The van der Waals surface area contributed by atoms with Crippen LogP contribution in [-0.2, 0) is 17.1 Å². The molecule has 2 rings (SSSR count). The van der Waals surface area contributed by atoms with Crippen molar-refractivity contribution in [3.63, 3.8) is 0 Å². The molecule has 1 saturated heterocycles. The summed E-state index contributed by atoms with van der Waals surface area (Å²) in [4.78, 5) is 0. The lowest BCUT2D eigenvalue weighted by Gasteiger charge is -2.25. The second-order valence-electron chi connectivity index (χ2n) is 4.40. The van der Waals surface area contributed by atoms with Gasteiger partial charge in [-0.05, 0) is 23.8 Å². The second kappa shape index (κ2) is 6.41. The first kappa shape index (κ1) is 18.1. The average Bonchev–Trinajstić information content (AvgIpc) is 2.37. The van der Waals surface area contributed by atoms with Gasteiger partial charge in [0.05, 0.1) is 23.8 Å². The molecule has 2 nitrogen and oxygen atoms in total. The summed E-state index contributed by atoms with van der Waals surface area (Å²) in [6.45, 7) is 0.933. The van der Waals surface area contributed by atoms with E-state index in [0.29, 0.717) is 18.7 Å². The lowest BCUT2D eigenvalue weighted by molar-refractivity contribution is -0.143. The number of benzene rings is 1. The molecule has 1 N–H and O–H groups in total.